The van der Waals surface area contributed by atoms with Crippen LogP contribution in [0.1, 0.15) is 41.6 Å². The van der Waals surface area contributed by atoms with Crippen LogP contribution in [0.15, 0.2) is 24.3 Å². The molecule has 0 aliphatic heterocycles. The highest BCUT2D eigenvalue weighted by molar-refractivity contribution is 5.92. The molecule has 0 radical (unpaired) electrons. The predicted octanol–water partition coefficient (Wildman–Crippen LogP) is 2.07. The zero-order chi connectivity index (χ0) is 12.1. The Kier molecular flexibility index (Phi) is 4.15. The molecular formula is C14H20N2O. The average molecular weight is 232 g/mol. The maximum absolute atomic E-state index is 10.9. The number of hydrogen-bond donors (Lipinski definition) is 2. The molecule has 1 saturated carbocycles. The lowest BCUT2D eigenvalue weighted by Crippen LogP contribution is -2.15. The molecule has 0 unspecified atom stereocenters. The SMILES string of the molecule is NC(=O)c1ccc(CNCCCC2CC2)cc1. The van der Waals surface area contributed by atoms with Crippen molar-refractivity contribution in [2.45, 2.75) is 32.2 Å². The van der Waals surface area contributed by atoms with E-state index in [-0.39, 0.29) is 5.91 Å². The molecule has 1 aliphatic rings. The summed E-state index contributed by atoms with van der Waals surface area (Å²) in [6.07, 6.45) is 5.51. The van der Waals surface area contributed by atoms with Crippen molar-refractivity contribution in [2.24, 2.45) is 11.7 Å². The summed E-state index contributed by atoms with van der Waals surface area (Å²) >= 11 is 0. The molecule has 1 fully saturated rings. The molecule has 0 bridgehead atoms. The Bertz CT molecular complexity index is 368. The van der Waals surface area contributed by atoms with Gasteiger partial charge < -0.3 is 11.1 Å². The molecule has 1 aromatic carbocycles. The van der Waals surface area contributed by atoms with Crippen molar-refractivity contribution in [3.63, 3.8) is 0 Å². The first-order valence-corrected chi connectivity index (χ1v) is 6.35. The number of nitrogens with two attached hydrogens (primary N) is 1. The number of benzene rings is 1. The van der Waals surface area contributed by atoms with Crippen LogP contribution in [0.25, 0.3) is 0 Å². The fourth-order valence-electron chi connectivity index (χ4n) is 1.94. The molecule has 0 saturated heterocycles. The van der Waals surface area contributed by atoms with E-state index in [9.17, 15) is 4.79 Å². The average Bonchev–Trinajstić information content (AvgIpc) is 3.13. The third-order valence-corrected chi connectivity index (χ3v) is 3.23. The Morgan fingerprint density at radius 2 is 2.00 bits per heavy atom. The van der Waals surface area contributed by atoms with Crippen LogP contribution in [-0.2, 0) is 6.54 Å². The molecule has 1 aromatic rings. The van der Waals surface area contributed by atoms with Crippen molar-refractivity contribution in [1.29, 1.82) is 0 Å². The van der Waals surface area contributed by atoms with Gasteiger partial charge in [0.2, 0.25) is 5.91 Å². The Labute approximate surface area is 102 Å². The van der Waals surface area contributed by atoms with Gasteiger partial charge in [-0.15, -0.1) is 0 Å². The first kappa shape index (κ1) is 12.1. The third kappa shape index (κ3) is 4.19. The topological polar surface area (TPSA) is 55.1 Å². The zero-order valence-corrected chi connectivity index (χ0v) is 10.1. The molecule has 1 amide bonds. The number of primary amides is 1. The first-order chi connectivity index (χ1) is 8.25. The molecule has 0 aromatic heterocycles. The minimum absolute atomic E-state index is 0.367. The Morgan fingerprint density at radius 3 is 2.59 bits per heavy atom. The van der Waals surface area contributed by atoms with Crippen LogP contribution < -0.4 is 11.1 Å². The molecule has 17 heavy (non-hydrogen) atoms. The largest absolute Gasteiger partial charge is 0.366 e. The van der Waals surface area contributed by atoms with Gasteiger partial charge in [-0.05, 0) is 43.0 Å². The quantitative estimate of drug-likeness (QED) is 0.707. The molecule has 0 atom stereocenters. The van der Waals surface area contributed by atoms with Gasteiger partial charge in [0.05, 0.1) is 0 Å². The Morgan fingerprint density at radius 1 is 1.29 bits per heavy atom. The van der Waals surface area contributed by atoms with Crippen LogP contribution in [0.5, 0.6) is 0 Å². The second-order valence-corrected chi connectivity index (χ2v) is 4.82. The second-order valence-electron chi connectivity index (χ2n) is 4.82. The fourth-order valence-corrected chi connectivity index (χ4v) is 1.94. The number of carbonyl (C=O) groups excluding carboxylic acids is 1. The van der Waals surface area contributed by atoms with Gasteiger partial charge in [-0.1, -0.05) is 25.0 Å². The maximum atomic E-state index is 10.9. The second kappa shape index (κ2) is 5.82. The highest BCUT2D eigenvalue weighted by atomic mass is 16.1. The number of carbonyl (C=O) groups is 1. The standard InChI is InChI=1S/C14H20N2O/c15-14(17)13-7-5-12(6-8-13)10-16-9-1-2-11-3-4-11/h5-8,11,16H,1-4,9-10H2,(H2,15,17). The smallest absolute Gasteiger partial charge is 0.248 e. The first-order valence-electron chi connectivity index (χ1n) is 6.35. The summed E-state index contributed by atoms with van der Waals surface area (Å²) in [4.78, 5) is 10.9. The van der Waals surface area contributed by atoms with E-state index < -0.39 is 0 Å². The van der Waals surface area contributed by atoms with E-state index in [1.807, 2.05) is 12.1 Å². The van der Waals surface area contributed by atoms with Crippen LogP contribution in [-0.4, -0.2) is 12.5 Å². The number of amides is 1. The highest BCUT2D eigenvalue weighted by Gasteiger charge is 2.19. The van der Waals surface area contributed by atoms with Crippen LogP contribution in [0.3, 0.4) is 0 Å². The Balaban J connectivity index is 1.65. The van der Waals surface area contributed by atoms with Crippen molar-refractivity contribution in [1.82, 2.24) is 5.32 Å². The summed E-state index contributed by atoms with van der Waals surface area (Å²) < 4.78 is 0. The van der Waals surface area contributed by atoms with Gasteiger partial charge in [-0.25, -0.2) is 0 Å². The van der Waals surface area contributed by atoms with E-state index in [0.29, 0.717) is 5.56 Å². The van der Waals surface area contributed by atoms with Gasteiger partial charge in [-0.3, -0.25) is 4.79 Å². The van der Waals surface area contributed by atoms with Gasteiger partial charge in [-0.2, -0.15) is 0 Å². The normalized spacial score (nSPS) is 14.8. The van der Waals surface area contributed by atoms with Crippen molar-refractivity contribution >= 4 is 5.91 Å². The number of hydrogen-bond acceptors (Lipinski definition) is 2. The fraction of sp³-hybridized carbons (Fsp3) is 0.500. The van der Waals surface area contributed by atoms with E-state index >= 15 is 0 Å². The summed E-state index contributed by atoms with van der Waals surface area (Å²) in [5, 5.41) is 3.42. The molecule has 0 spiro atoms. The van der Waals surface area contributed by atoms with E-state index in [1.54, 1.807) is 12.1 Å². The number of rotatable bonds is 7. The van der Waals surface area contributed by atoms with E-state index in [1.165, 1.54) is 31.2 Å². The lowest BCUT2D eigenvalue weighted by molar-refractivity contribution is 0.100. The van der Waals surface area contributed by atoms with Crippen molar-refractivity contribution in [3.8, 4) is 0 Å². The predicted molar refractivity (Wildman–Crippen MR) is 68.6 cm³/mol. The van der Waals surface area contributed by atoms with E-state index in [2.05, 4.69) is 5.32 Å². The zero-order valence-electron chi connectivity index (χ0n) is 10.1. The molecular weight excluding hydrogens is 212 g/mol. The third-order valence-electron chi connectivity index (χ3n) is 3.23. The van der Waals surface area contributed by atoms with Crippen LogP contribution in [0.4, 0.5) is 0 Å². The maximum Gasteiger partial charge on any atom is 0.248 e. The van der Waals surface area contributed by atoms with Crippen molar-refractivity contribution in [2.75, 3.05) is 6.54 Å². The molecule has 2 rings (SSSR count). The van der Waals surface area contributed by atoms with E-state index in [0.717, 1.165) is 19.0 Å². The van der Waals surface area contributed by atoms with Crippen LogP contribution >= 0.6 is 0 Å². The summed E-state index contributed by atoms with van der Waals surface area (Å²) in [5.74, 6) is 0.653. The van der Waals surface area contributed by atoms with E-state index in [4.69, 9.17) is 5.73 Å². The molecule has 92 valence electrons. The lowest BCUT2D eigenvalue weighted by atomic mass is 10.1. The molecule has 3 N–H and O–H groups in total. The monoisotopic (exact) mass is 232 g/mol. The van der Waals surface area contributed by atoms with Gasteiger partial charge in [0.25, 0.3) is 0 Å². The van der Waals surface area contributed by atoms with Gasteiger partial charge >= 0.3 is 0 Å². The van der Waals surface area contributed by atoms with Crippen LogP contribution in [0, 0.1) is 5.92 Å². The molecule has 3 nitrogen and oxygen atoms in total. The summed E-state index contributed by atoms with van der Waals surface area (Å²) in [7, 11) is 0. The number of nitrogens with one attached hydrogen (secondary N) is 1. The minimum atomic E-state index is -0.367. The van der Waals surface area contributed by atoms with Gasteiger partial charge in [0.15, 0.2) is 0 Å². The summed E-state index contributed by atoms with van der Waals surface area (Å²) in [5.41, 5.74) is 6.95. The van der Waals surface area contributed by atoms with Crippen molar-refractivity contribution in [3.05, 3.63) is 35.4 Å². The summed E-state index contributed by atoms with van der Waals surface area (Å²) in [6.45, 7) is 1.94. The lowest BCUT2D eigenvalue weighted by Gasteiger charge is -2.05. The molecule has 0 heterocycles. The Hall–Kier alpha value is -1.35. The van der Waals surface area contributed by atoms with Crippen LogP contribution in [0.2, 0.25) is 0 Å². The highest BCUT2D eigenvalue weighted by Crippen LogP contribution is 2.33. The molecule has 3 heteroatoms. The van der Waals surface area contributed by atoms with Crippen molar-refractivity contribution < 1.29 is 4.79 Å². The minimum Gasteiger partial charge on any atom is -0.366 e. The molecule has 1 aliphatic carbocycles. The van der Waals surface area contributed by atoms with Gasteiger partial charge in [0.1, 0.15) is 0 Å². The summed E-state index contributed by atoms with van der Waals surface area (Å²) in [6, 6.07) is 7.47. The van der Waals surface area contributed by atoms with Gasteiger partial charge in [0, 0.05) is 12.1 Å².